The van der Waals surface area contributed by atoms with Crippen molar-refractivity contribution in [2.45, 2.75) is 5.92 Å². The molecule has 7 nitrogen and oxygen atoms in total. The third-order valence-corrected chi connectivity index (χ3v) is 6.00. The van der Waals surface area contributed by atoms with Gasteiger partial charge in [0.05, 0.1) is 24.4 Å². The van der Waals surface area contributed by atoms with Crippen molar-refractivity contribution in [1.82, 2.24) is 15.5 Å². The highest BCUT2D eigenvalue weighted by Gasteiger charge is 2.28. The highest BCUT2D eigenvalue weighted by molar-refractivity contribution is 6.04. The van der Waals surface area contributed by atoms with E-state index in [-0.39, 0.29) is 19.1 Å². The topological polar surface area (TPSA) is 93.3 Å². The van der Waals surface area contributed by atoms with Gasteiger partial charge in [-0.3, -0.25) is 5.10 Å². The molecule has 0 bridgehead atoms. The summed E-state index contributed by atoms with van der Waals surface area (Å²) in [6.45, 7) is 0.549. The van der Waals surface area contributed by atoms with Crippen LogP contribution in [0.5, 0.6) is 0 Å². The van der Waals surface area contributed by atoms with E-state index in [1.54, 1.807) is 18.3 Å². The Hall–Kier alpha value is -4.39. The Morgan fingerprint density at radius 3 is 2.47 bits per heavy atom. The number of hydrogen-bond donors (Lipinski definition) is 2. The van der Waals surface area contributed by atoms with Crippen LogP contribution < -0.4 is 5.32 Å². The third-order valence-electron chi connectivity index (χ3n) is 6.00. The second kappa shape index (κ2) is 9.23. The summed E-state index contributed by atoms with van der Waals surface area (Å²) in [7, 11) is 1.34. The van der Waals surface area contributed by atoms with Gasteiger partial charge in [-0.15, -0.1) is 0 Å². The molecule has 3 aromatic carbocycles. The van der Waals surface area contributed by atoms with Gasteiger partial charge in [0, 0.05) is 17.8 Å². The third kappa shape index (κ3) is 4.03. The second-order valence-electron chi connectivity index (χ2n) is 8.00. The van der Waals surface area contributed by atoms with Gasteiger partial charge in [0.1, 0.15) is 6.61 Å². The molecular weight excluding hydrogens is 430 g/mol. The lowest BCUT2D eigenvalue weighted by molar-refractivity contribution is 0.0603. The maximum absolute atomic E-state index is 12.3. The molecule has 1 amide bonds. The average Bonchev–Trinajstić information content (AvgIpc) is 3.47. The van der Waals surface area contributed by atoms with Crippen molar-refractivity contribution in [3.63, 3.8) is 0 Å². The minimum atomic E-state index is -0.481. The van der Waals surface area contributed by atoms with Gasteiger partial charge < -0.3 is 14.8 Å². The van der Waals surface area contributed by atoms with E-state index in [0.717, 1.165) is 11.1 Å². The molecule has 0 aliphatic heterocycles. The average molecular weight is 453 g/mol. The lowest BCUT2D eigenvalue weighted by atomic mass is 9.98. The van der Waals surface area contributed by atoms with Crippen LogP contribution in [0, 0.1) is 0 Å². The number of amides is 1. The molecule has 0 saturated carbocycles. The number of esters is 1. The number of carbonyl (C=O) groups is 2. The summed E-state index contributed by atoms with van der Waals surface area (Å²) in [6, 6.07) is 20.0. The van der Waals surface area contributed by atoms with Crippen LogP contribution in [0.3, 0.4) is 0 Å². The summed E-state index contributed by atoms with van der Waals surface area (Å²) >= 11 is 0. The standard InChI is InChI=1S/C27H23N3O4/c1-33-26(31)22-13-17(14-25-23(22)15-29-30-25)7-6-12-28-27(32)34-16-24-20-10-4-2-8-18(20)19-9-3-5-11-21(19)24/h2-11,13-15,24H,12,16H2,1H3,(H,28,32)(H,29,30). The summed E-state index contributed by atoms with van der Waals surface area (Å²) in [4.78, 5) is 24.4. The van der Waals surface area contributed by atoms with Crippen LogP contribution in [-0.2, 0) is 9.47 Å². The fourth-order valence-corrected chi connectivity index (χ4v) is 4.44. The Morgan fingerprint density at radius 1 is 1.06 bits per heavy atom. The SMILES string of the molecule is COC(=O)c1cc(C=CCNC(=O)OCC2c3ccccc3-c3ccccc32)cc2[nH]ncc12. The Balaban J connectivity index is 1.20. The van der Waals surface area contributed by atoms with Crippen LogP contribution in [0.25, 0.3) is 28.1 Å². The van der Waals surface area contributed by atoms with E-state index in [9.17, 15) is 9.59 Å². The zero-order valence-corrected chi connectivity index (χ0v) is 18.6. The van der Waals surface area contributed by atoms with Crippen LogP contribution in [0.4, 0.5) is 4.79 Å². The smallest absolute Gasteiger partial charge is 0.407 e. The van der Waals surface area contributed by atoms with E-state index < -0.39 is 12.1 Å². The summed E-state index contributed by atoms with van der Waals surface area (Å²) in [5.41, 5.74) is 6.67. The zero-order chi connectivity index (χ0) is 23.5. The van der Waals surface area contributed by atoms with E-state index >= 15 is 0 Å². The number of nitrogens with zero attached hydrogens (tertiary/aromatic N) is 1. The quantitative estimate of drug-likeness (QED) is 0.405. The molecule has 0 radical (unpaired) electrons. The molecule has 170 valence electrons. The van der Waals surface area contributed by atoms with Gasteiger partial charge in [-0.2, -0.15) is 5.10 Å². The van der Waals surface area contributed by atoms with Crippen LogP contribution >= 0.6 is 0 Å². The predicted molar refractivity (Wildman–Crippen MR) is 130 cm³/mol. The van der Waals surface area contributed by atoms with Gasteiger partial charge in [0.2, 0.25) is 0 Å². The van der Waals surface area contributed by atoms with Gasteiger partial charge in [-0.05, 0) is 39.9 Å². The molecule has 0 saturated heterocycles. The van der Waals surface area contributed by atoms with Crippen molar-refractivity contribution in [3.8, 4) is 11.1 Å². The molecule has 1 aliphatic rings. The number of rotatable bonds is 6. The fraction of sp³-hybridized carbons (Fsp3) is 0.148. The van der Waals surface area contributed by atoms with Crippen molar-refractivity contribution >= 4 is 29.0 Å². The van der Waals surface area contributed by atoms with Gasteiger partial charge in [-0.25, -0.2) is 9.59 Å². The van der Waals surface area contributed by atoms with Crippen LogP contribution in [0.1, 0.15) is 33.0 Å². The van der Waals surface area contributed by atoms with Gasteiger partial charge >= 0.3 is 12.1 Å². The first kappa shape index (κ1) is 21.5. The molecule has 0 unspecified atom stereocenters. The first-order valence-electron chi connectivity index (χ1n) is 11.0. The van der Waals surface area contributed by atoms with Crippen molar-refractivity contribution in [2.75, 3.05) is 20.3 Å². The lowest BCUT2D eigenvalue weighted by Gasteiger charge is -2.14. The van der Waals surface area contributed by atoms with Crippen molar-refractivity contribution < 1.29 is 19.1 Å². The first-order chi connectivity index (χ1) is 16.7. The number of nitrogens with one attached hydrogen (secondary N) is 2. The number of alkyl carbamates (subject to hydrolysis) is 1. The Morgan fingerprint density at radius 2 is 1.76 bits per heavy atom. The van der Waals surface area contributed by atoms with E-state index in [1.165, 1.54) is 29.4 Å². The van der Waals surface area contributed by atoms with Crippen molar-refractivity contribution in [2.24, 2.45) is 0 Å². The van der Waals surface area contributed by atoms with Crippen molar-refractivity contribution in [1.29, 1.82) is 0 Å². The number of methoxy groups -OCH3 is 1. The number of H-pyrrole nitrogens is 1. The molecule has 1 aliphatic carbocycles. The molecule has 1 heterocycles. The monoisotopic (exact) mass is 453 g/mol. The number of carbonyl (C=O) groups excluding carboxylic acids is 2. The maximum atomic E-state index is 12.3. The number of ether oxygens (including phenoxy) is 2. The molecular formula is C27H23N3O4. The predicted octanol–water partition coefficient (Wildman–Crippen LogP) is 4.90. The van der Waals surface area contributed by atoms with Gasteiger partial charge in [0.25, 0.3) is 0 Å². The molecule has 0 fully saturated rings. The molecule has 34 heavy (non-hydrogen) atoms. The van der Waals surface area contributed by atoms with Gasteiger partial charge in [0.15, 0.2) is 0 Å². The highest BCUT2D eigenvalue weighted by Crippen LogP contribution is 2.44. The number of aromatic nitrogens is 2. The number of aromatic amines is 1. The fourth-order valence-electron chi connectivity index (χ4n) is 4.44. The van der Waals surface area contributed by atoms with E-state index in [1.807, 2.05) is 36.4 Å². The first-order valence-corrected chi connectivity index (χ1v) is 11.0. The summed E-state index contributed by atoms with van der Waals surface area (Å²) in [6.07, 6.45) is 4.72. The highest BCUT2D eigenvalue weighted by atomic mass is 16.5. The van der Waals surface area contributed by atoms with Crippen LogP contribution in [-0.4, -0.2) is 42.5 Å². The molecule has 0 spiro atoms. The Labute approximate surface area is 196 Å². The van der Waals surface area contributed by atoms with Crippen molar-refractivity contribution in [3.05, 3.63) is 95.2 Å². The minimum absolute atomic E-state index is 0.0200. The Kier molecular flexibility index (Phi) is 5.82. The number of fused-ring (bicyclic) bond motifs is 4. The maximum Gasteiger partial charge on any atom is 0.407 e. The molecule has 4 aromatic rings. The number of benzene rings is 3. The van der Waals surface area contributed by atoms with Crippen LogP contribution in [0.2, 0.25) is 0 Å². The minimum Gasteiger partial charge on any atom is -0.465 e. The second-order valence-corrected chi connectivity index (χ2v) is 8.00. The lowest BCUT2D eigenvalue weighted by Crippen LogP contribution is -2.26. The molecule has 1 aromatic heterocycles. The zero-order valence-electron chi connectivity index (χ0n) is 18.6. The largest absolute Gasteiger partial charge is 0.465 e. The summed E-state index contributed by atoms with van der Waals surface area (Å²) < 4.78 is 10.4. The van der Waals surface area contributed by atoms with Crippen LogP contribution in [0.15, 0.2) is 72.9 Å². The Bertz CT molecular complexity index is 1360. The molecule has 2 N–H and O–H groups in total. The normalized spacial score (nSPS) is 12.5. The van der Waals surface area contributed by atoms with E-state index in [2.05, 4.69) is 39.8 Å². The summed E-state index contributed by atoms with van der Waals surface area (Å²) in [5.74, 6) is -0.412. The van der Waals surface area contributed by atoms with E-state index in [0.29, 0.717) is 10.9 Å². The molecule has 7 heteroatoms. The van der Waals surface area contributed by atoms with Gasteiger partial charge in [-0.1, -0.05) is 60.7 Å². The summed E-state index contributed by atoms with van der Waals surface area (Å²) in [5, 5.41) is 10.3. The number of hydrogen-bond acceptors (Lipinski definition) is 5. The molecule has 5 rings (SSSR count). The van der Waals surface area contributed by atoms with E-state index in [4.69, 9.17) is 9.47 Å². The molecule has 0 atom stereocenters.